The second-order valence-electron chi connectivity index (χ2n) is 3.33. The average Bonchev–Trinajstić information content (AvgIpc) is 2.31. The molecule has 14 heavy (non-hydrogen) atoms. The first-order valence-corrected chi connectivity index (χ1v) is 6.14. The molecular weight excluding hydrogens is 241 g/mol. The summed E-state index contributed by atoms with van der Waals surface area (Å²) in [6.45, 7) is 1.85. The molecule has 0 saturated carbocycles. The van der Waals surface area contributed by atoms with Gasteiger partial charge in [0.15, 0.2) is 0 Å². The van der Waals surface area contributed by atoms with Crippen molar-refractivity contribution in [3.8, 4) is 0 Å². The molecule has 2 nitrogen and oxygen atoms in total. The van der Waals surface area contributed by atoms with Gasteiger partial charge in [-0.3, -0.25) is 4.21 Å². The summed E-state index contributed by atoms with van der Waals surface area (Å²) >= 11 is 11.8. The Bertz CT molecular complexity index is 422. The summed E-state index contributed by atoms with van der Waals surface area (Å²) in [4.78, 5) is 0.683. The van der Waals surface area contributed by atoms with Gasteiger partial charge in [0.25, 0.3) is 0 Å². The van der Waals surface area contributed by atoms with Gasteiger partial charge in [0, 0.05) is 26.5 Å². The quantitative estimate of drug-likeness (QED) is 0.768. The third-order valence-electron chi connectivity index (χ3n) is 2.45. The smallest absolute Gasteiger partial charge is 0.0581 e. The minimum Gasteiger partial charge on any atom is -0.323 e. The fourth-order valence-electron chi connectivity index (χ4n) is 1.62. The van der Waals surface area contributed by atoms with Crippen molar-refractivity contribution in [3.63, 3.8) is 0 Å². The first-order chi connectivity index (χ1) is 6.52. The van der Waals surface area contributed by atoms with Gasteiger partial charge in [0.2, 0.25) is 0 Å². The zero-order chi connectivity index (χ0) is 10.5. The van der Waals surface area contributed by atoms with Crippen LogP contribution in [0.3, 0.4) is 0 Å². The van der Waals surface area contributed by atoms with Crippen LogP contribution >= 0.6 is 23.2 Å². The van der Waals surface area contributed by atoms with Crippen molar-refractivity contribution in [1.29, 1.82) is 0 Å². The number of fused-ring (bicyclic) bond motifs is 1. The van der Waals surface area contributed by atoms with E-state index in [4.69, 9.17) is 28.9 Å². The average molecular weight is 250 g/mol. The van der Waals surface area contributed by atoms with Crippen LogP contribution in [0.4, 0.5) is 0 Å². The van der Waals surface area contributed by atoms with E-state index < -0.39 is 10.8 Å². The fourth-order valence-corrected chi connectivity index (χ4v) is 3.87. The van der Waals surface area contributed by atoms with Crippen molar-refractivity contribution in [2.45, 2.75) is 23.1 Å². The summed E-state index contributed by atoms with van der Waals surface area (Å²) in [5, 5.41) is 0.919. The van der Waals surface area contributed by atoms with E-state index in [1.807, 2.05) is 6.92 Å². The minimum atomic E-state index is -1.09. The number of rotatable bonds is 0. The molecule has 0 saturated heterocycles. The van der Waals surface area contributed by atoms with Crippen molar-refractivity contribution in [3.05, 3.63) is 27.7 Å². The van der Waals surface area contributed by atoms with Gasteiger partial charge in [-0.25, -0.2) is 0 Å². The van der Waals surface area contributed by atoms with Crippen LogP contribution in [-0.2, 0) is 10.8 Å². The lowest BCUT2D eigenvalue weighted by Gasteiger charge is -2.09. The molecule has 1 aliphatic rings. The van der Waals surface area contributed by atoms with Gasteiger partial charge in [0.1, 0.15) is 0 Å². The molecule has 1 aromatic rings. The number of hydrogen-bond acceptors (Lipinski definition) is 2. The highest BCUT2D eigenvalue weighted by atomic mass is 35.5. The lowest BCUT2D eigenvalue weighted by atomic mass is 10.1. The molecule has 5 heteroatoms. The maximum atomic E-state index is 11.8. The van der Waals surface area contributed by atoms with Crippen molar-refractivity contribution < 1.29 is 4.21 Å². The SMILES string of the molecule is CC1C(N)c2c(Cl)cc(Cl)cc2S1=O. The summed E-state index contributed by atoms with van der Waals surface area (Å²) in [5.74, 6) is 0. The van der Waals surface area contributed by atoms with Gasteiger partial charge >= 0.3 is 0 Å². The lowest BCUT2D eigenvalue weighted by molar-refractivity contribution is 0.662. The summed E-state index contributed by atoms with van der Waals surface area (Å²) in [6, 6.07) is 3.06. The third-order valence-corrected chi connectivity index (χ3v) is 4.72. The normalized spacial score (nSPS) is 30.4. The van der Waals surface area contributed by atoms with Crippen molar-refractivity contribution in [2.75, 3.05) is 0 Å². The van der Waals surface area contributed by atoms with Crippen LogP contribution in [-0.4, -0.2) is 9.46 Å². The van der Waals surface area contributed by atoms with E-state index in [1.54, 1.807) is 12.1 Å². The second kappa shape index (κ2) is 3.49. The molecule has 0 aromatic heterocycles. The van der Waals surface area contributed by atoms with E-state index in [0.717, 1.165) is 5.56 Å². The molecule has 1 heterocycles. The van der Waals surface area contributed by atoms with Crippen molar-refractivity contribution >= 4 is 34.0 Å². The molecule has 3 unspecified atom stereocenters. The number of benzene rings is 1. The van der Waals surface area contributed by atoms with Gasteiger partial charge in [-0.2, -0.15) is 0 Å². The van der Waals surface area contributed by atoms with Crippen LogP contribution in [0, 0.1) is 0 Å². The Morgan fingerprint density at radius 3 is 2.71 bits per heavy atom. The van der Waals surface area contributed by atoms with E-state index in [9.17, 15) is 4.21 Å². The van der Waals surface area contributed by atoms with E-state index >= 15 is 0 Å². The first kappa shape index (κ1) is 10.4. The largest absolute Gasteiger partial charge is 0.323 e. The number of halogens is 2. The zero-order valence-corrected chi connectivity index (χ0v) is 9.79. The predicted molar refractivity (Wildman–Crippen MR) is 59.3 cm³/mol. The Morgan fingerprint density at radius 2 is 2.07 bits per heavy atom. The molecule has 0 radical (unpaired) electrons. The Labute approximate surface area is 94.8 Å². The van der Waals surface area contributed by atoms with E-state index in [-0.39, 0.29) is 11.3 Å². The molecule has 0 aliphatic carbocycles. The summed E-state index contributed by atoms with van der Waals surface area (Å²) < 4.78 is 11.8. The molecule has 1 aliphatic heterocycles. The highest BCUT2D eigenvalue weighted by molar-refractivity contribution is 7.86. The van der Waals surface area contributed by atoms with Crippen molar-refractivity contribution in [1.82, 2.24) is 0 Å². The molecule has 0 amide bonds. The Balaban J connectivity index is 2.69. The summed E-state index contributed by atoms with van der Waals surface area (Å²) in [5.41, 5.74) is 6.69. The molecule has 0 bridgehead atoms. The van der Waals surface area contributed by atoms with E-state index in [0.29, 0.717) is 14.9 Å². The molecule has 2 N–H and O–H groups in total. The molecule has 3 atom stereocenters. The molecule has 0 fully saturated rings. The first-order valence-electron chi connectivity index (χ1n) is 4.17. The van der Waals surface area contributed by atoms with Crippen LogP contribution < -0.4 is 5.73 Å². The predicted octanol–water partition coefficient (Wildman–Crippen LogP) is 2.50. The maximum Gasteiger partial charge on any atom is 0.0581 e. The Kier molecular flexibility index (Phi) is 2.60. The Morgan fingerprint density at radius 1 is 1.43 bits per heavy atom. The fraction of sp³-hybridized carbons (Fsp3) is 0.333. The van der Waals surface area contributed by atoms with Crippen LogP contribution in [0.2, 0.25) is 10.0 Å². The lowest BCUT2D eigenvalue weighted by Crippen LogP contribution is -2.20. The van der Waals surface area contributed by atoms with Gasteiger partial charge in [-0.1, -0.05) is 23.2 Å². The van der Waals surface area contributed by atoms with E-state index in [2.05, 4.69) is 0 Å². The van der Waals surface area contributed by atoms with Gasteiger partial charge < -0.3 is 5.73 Å². The third kappa shape index (κ3) is 1.39. The second-order valence-corrected chi connectivity index (χ2v) is 5.95. The molecular formula is C9H9Cl2NOS. The minimum absolute atomic E-state index is 0.0963. The maximum absolute atomic E-state index is 11.8. The highest BCUT2D eigenvalue weighted by Gasteiger charge is 2.35. The zero-order valence-electron chi connectivity index (χ0n) is 7.46. The Hall–Kier alpha value is -0.0900. The van der Waals surface area contributed by atoms with Crippen molar-refractivity contribution in [2.24, 2.45) is 5.73 Å². The van der Waals surface area contributed by atoms with Crippen LogP contribution in [0.1, 0.15) is 18.5 Å². The number of nitrogens with two attached hydrogens (primary N) is 1. The molecule has 76 valence electrons. The summed E-state index contributed by atoms with van der Waals surface area (Å²) in [7, 11) is -1.09. The van der Waals surface area contributed by atoms with Gasteiger partial charge in [-0.05, 0) is 19.1 Å². The van der Waals surface area contributed by atoms with Gasteiger partial charge in [0.05, 0.1) is 16.0 Å². The molecule has 0 spiro atoms. The van der Waals surface area contributed by atoms with Crippen LogP contribution in [0.5, 0.6) is 0 Å². The van der Waals surface area contributed by atoms with E-state index in [1.165, 1.54) is 0 Å². The monoisotopic (exact) mass is 249 g/mol. The summed E-state index contributed by atoms with van der Waals surface area (Å²) in [6.07, 6.45) is 0. The topological polar surface area (TPSA) is 43.1 Å². The standard InChI is InChI=1S/C9H9Cl2NOS/c1-4-9(12)8-6(11)2-5(10)3-7(8)14(4)13/h2-4,9H,12H2,1H3. The molecule has 2 rings (SSSR count). The van der Waals surface area contributed by atoms with Gasteiger partial charge in [-0.15, -0.1) is 0 Å². The number of hydrogen-bond donors (Lipinski definition) is 1. The van der Waals surface area contributed by atoms with Crippen LogP contribution in [0.25, 0.3) is 0 Å². The van der Waals surface area contributed by atoms with Crippen LogP contribution in [0.15, 0.2) is 17.0 Å². The highest BCUT2D eigenvalue weighted by Crippen LogP contribution is 2.40. The molecule has 1 aromatic carbocycles.